The number of benzene rings is 3. The first-order chi connectivity index (χ1) is 19.6. The summed E-state index contributed by atoms with van der Waals surface area (Å²) in [6, 6.07) is 18.6. The zero-order chi connectivity index (χ0) is 31.0. The molecule has 0 radical (unpaired) electrons. The van der Waals surface area contributed by atoms with Crippen molar-refractivity contribution in [2.45, 2.75) is 71.8 Å². The number of amides is 1. The number of anilines is 1. The Balaban J connectivity index is 1.92. The third-order valence-electron chi connectivity index (χ3n) is 7.47. The predicted molar refractivity (Wildman–Crippen MR) is 164 cm³/mol. The average molecular weight is 570 g/mol. The number of carboxylic acid groups (broad SMARTS) is 1. The molecule has 0 spiro atoms. The molecule has 1 atom stereocenters. The summed E-state index contributed by atoms with van der Waals surface area (Å²) >= 11 is 0. The Morgan fingerprint density at radius 2 is 1.48 bits per heavy atom. The summed E-state index contributed by atoms with van der Waals surface area (Å²) in [5, 5.41) is 20.9. The van der Waals surface area contributed by atoms with E-state index in [1.807, 2.05) is 58.0 Å². The molecule has 0 saturated carbocycles. The molecular weight excluding hydrogens is 530 g/mol. The van der Waals surface area contributed by atoms with Crippen molar-refractivity contribution in [3.8, 4) is 5.75 Å². The lowest BCUT2D eigenvalue weighted by atomic mass is 9.84. The fraction of sp³-hybridized carbons (Fsp3) is 0.343. The van der Waals surface area contributed by atoms with Crippen LogP contribution in [-0.4, -0.2) is 34.5 Å². The third kappa shape index (κ3) is 6.10. The molecule has 0 bridgehead atoms. The number of carbonyl (C=O) groups is 3. The summed E-state index contributed by atoms with van der Waals surface area (Å²) in [7, 11) is 0. The van der Waals surface area contributed by atoms with Gasteiger partial charge in [-0.3, -0.25) is 19.3 Å². The summed E-state index contributed by atoms with van der Waals surface area (Å²) in [4.78, 5) is 39.8. The van der Waals surface area contributed by atoms with Crippen molar-refractivity contribution in [2.24, 2.45) is 0 Å². The minimum atomic E-state index is -0.966. The summed E-state index contributed by atoms with van der Waals surface area (Å²) < 4.78 is 5.84. The number of Topliss-reactive ketones (excluding diaryl/α,β-unsaturated/α-hetero) is 1. The van der Waals surface area contributed by atoms with Crippen LogP contribution in [0, 0.1) is 0 Å². The lowest BCUT2D eigenvalue weighted by molar-refractivity contribution is -0.136. The number of ether oxygens (including phenoxy) is 1. The maximum Gasteiger partial charge on any atom is 0.307 e. The van der Waals surface area contributed by atoms with Gasteiger partial charge in [0, 0.05) is 16.8 Å². The molecule has 220 valence electrons. The van der Waals surface area contributed by atoms with Crippen molar-refractivity contribution in [3.05, 3.63) is 100 Å². The standard InChI is InChI=1S/C35H39NO6/c1-8-42-27-18-13-23(20-26(27)35(5,6)7)31(39)29-30(22-11-14-24(15-12-22)34(2,3)4)36(33(41)32(29)40)25-16-9-21(10-17-25)19-28(37)38/h9-18,20,30,39H,8,19H2,1-7H3,(H,37,38)/b31-29-. The molecule has 2 N–H and O–H groups in total. The van der Waals surface area contributed by atoms with Crippen LogP contribution in [0.25, 0.3) is 5.76 Å². The smallest absolute Gasteiger partial charge is 0.307 e. The number of aliphatic hydroxyl groups is 1. The highest BCUT2D eigenvalue weighted by Gasteiger charge is 2.47. The van der Waals surface area contributed by atoms with Gasteiger partial charge in [-0.25, -0.2) is 0 Å². The van der Waals surface area contributed by atoms with Crippen molar-refractivity contribution in [1.82, 2.24) is 0 Å². The minimum absolute atomic E-state index is 0.0119. The van der Waals surface area contributed by atoms with Crippen LogP contribution in [0.3, 0.4) is 0 Å². The molecule has 1 aliphatic rings. The van der Waals surface area contributed by atoms with Crippen LogP contribution >= 0.6 is 0 Å². The van der Waals surface area contributed by atoms with E-state index in [1.165, 1.54) is 4.90 Å². The molecule has 1 amide bonds. The quantitative estimate of drug-likeness (QED) is 0.182. The van der Waals surface area contributed by atoms with Gasteiger partial charge in [0.25, 0.3) is 11.7 Å². The number of nitrogens with zero attached hydrogens (tertiary/aromatic N) is 1. The van der Waals surface area contributed by atoms with Gasteiger partial charge < -0.3 is 14.9 Å². The van der Waals surface area contributed by atoms with E-state index < -0.39 is 23.7 Å². The van der Waals surface area contributed by atoms with E-state index in [4.69, 9.17) is 9.84 Å². The number of ketones is 1. The van der Waals surface area contributed by atoms with Crippen LogP contribution in [-0.2, 0) is 31.6 Å². The second-order valence-corrected chi connectivity index (χ2v) is 12.7. The maximum atomic E-state index is 13.7. The fourth-order valence-electron chi connectivity index (χ4n) is 5.23. The van der Waals surface area contributed by atoms with Crippen LogP contribution < -0.4 is 9.64 Å². The molecule has 1 unspecified atom stereocenters. The highest BCUT2D eigenvalue weighted by molar-refractivity contribution is 6.51. The molecule has 1 saturated heterocycles. The minimum Gasteiger partial charge on any atom is -0.507 e. The van der Waals surface area contributed by atoms with E-state index in [0.717, 1.165) is 11.1 Å². The summed E-state index contributed by atoms with van der Waals surface area (Å²) in [6.45, 7) is 14.8. The number of hydrogen-bond donors (Lipinski definition) is 2. The fourth-order valence-corrected chi connectivity index (χ4v) is 5.23. The van der Waals surface area contributed by atoms with E-state index >= 15 is 0 Å². The Bertz CT molecular complexity index is 1540. The predicted octanol–water partition coefficient (Wildman–Crippen LogP) is 6.93. The third-order valence-corrected chi connectivity index (χ3v) is 7.47. The highest BCUT2D eigenvalue weighted by Crippen LogP contribution is 2.43. The van der Waals surface area contributed by atoms with Crippen LogP contribution in [0.1, 0.15) is 82.3 Å². The largest absolute Gasteiger partial charge is 0.507 e. The van der Waals surface area contributed by atoms with Crippen LogP contribution in [0.15, 0.2) is 72.3 Å². The normalized spacial score (nSPS) is 17.0. The maximum absolute atomic E-state index is 13.7. The van der Waals surface area contributed by atoms with Gasteiger partial charge in [0.1, 0.15) is 11.5 Å². The highest BCUT2D eigenvalue weighted by atomic mass is 16.5. The molecule has 0 aromatic heterocycles. The van der Waals surface area contributed by atoms with Gasteiger partial charge in [-0.2, -0.15) is 0 Å². The molecule has 0 aliphatic carbocycles. The molecule has 7 heteroatoms. The van der Waals surface area contributed by atoms with E-state index in [0.29, 0.717) is 34.7 Å². The molecule has 4 rings (SSSR count). The SMILES string of the molecule is CCOc1ccc(/C(O)=C2/C(=O)C(=O)N(c3ccc(CC(=O)O)cc3)C2c2ccc(C(C)(C)C)cc2)cc1C(C)(C)C. The monoisotopic (exact) mass is 569 g/mol. The lowest BCUT2D eigenvalue weighted by Gasteiger charge is -2.27. The van der Waals surface area contributed by atoms with Gasteiger partial charge in [0.15, 0.2) is 0 Å². The van der Waals surface area contributed by atoms with Gasteiger partial charge in [0.05, 0.1) is 24.6 Å². The molecule has 7 nitrogen and oxygen atoms in total. The number of aliphatic hydroxyl groups excluding tert-OH is 1. The Hall–Kier alpha value is -4.39. The van der Waals surface area contributed by atoms with E-state index in [1.54, 1.807) is 36.4 Å². The van der Waals surface area contributed by atoms with Crippen LogP contribution in [0.2, 0.25) is 0 Å². The van der Waals surface area contributed by atoms with E-state index in [-0.39, 0.29) is 28.6 Å². The Labute approximate surface area is 247 Å². The number of hydrogen-bond acceptors (Lipinski definition) is 5. The number of carbonyl (C=O) groups excluding carboxylic acids is 2. The molecule has 1 fully saturated rings. The Kier molecular flexibility index (Phi) is 8.35. The molecule has 42 heavy (non-hydrogen) atoms. The van der Waals surface area contributed by atoms with E-state index in [9.17, 15) is 19.5 Å². The first-order valence-corrected chi connectivity index (χ1v) is 14.1. The van der Waals surface area contributed by atoms with E-state index in [2.05, 4.69) is 20.8 Å². The summed E-state index contributed by atoms with van der Waals surface area (Å²) in [5.41, 5.74) is 3.59. The van der Waals surface area contributed by atoms with Gasteiger partial charge in [0.2, 0.25) is 0 Å². The first kappa shape index (κ1) is 30.6. The van der Waals surface area contributed by atoms with Crippen molar-refractivity contribution in [2.75, 3.05) is 11.5 Å². The Morgan fingerprint density at radius 3 is 2.00 bits per heavy atom. The van der Waals surface area contributed by atoms with Gasteiger partial charge >= 0.3 is 5.97 Å². The second kappa shape index (κ2) is 11.5. The van der Waals surface area contributed by atoms with Crippen molar-refractivity contribution >= 4 is 29.1 Å². The molecule has 1 heterocycles. The number of carboxylic acids is 1. The van der Waals surface area contributed by atoms with Crippen LogP contribution in [0.4, 0.5) is 5.69 Å². The first-order valence-electron chi connectivity index (χ1n) is 14.1. The van der Waals surface area contributed by atoms with Gasteiger partial charge in [-0.1, -0.05) is 77.9 Å². The lowest BCUT2D eigenvalue weighted by Crippen LogP contribution is -2.29. The summed E-state index contributed by atoms with van der Waals surface area (Å²) in [6.07, 6.45) is -0.162. The topological polar surface area (TPSA) is 104 Å². The second-order valence-electron chi connectivity index (χ2n) is 12.7. The molecule has 1 aliphatic heterocycles. The van der Waals surface area contributed by atoms with Crippen molar-refractivity contribution in [1.29, 1.82) is 0 Å². The summed E-state index contributed by atoms with van der Waals surface area (Å²) in [5.74, 6) is -2.10. The van der Waals surface area contributed by atoms with Crippen molar-refractivity contribution < 1.29 is 29.3 Å². The zero-order valence-corrected chi connectivity index (χ0v) is 25.3. The van der Waals surface area contributed by atoms with Crippen LogP contribution in [0.5, 0.6) is 5.75 Å². The van der Waals surface area contributed by atoms with Crippen molar-refractivity contribution in [3.63, 3.8) is 0 Å². The Morgan fingerprint density at radius 1 is 0.857 bits per heavy atom. The average Bonchev–Trinajstić information content (AvgIpc) is 3.18. The molecule has 3 aromatic rings. The molecular formula is C35H39NO6. The molecule has 3 aromatic carbocycles. The zero-order valence-electron chi connectivity index (χ0n) is 25.3. The van der Waals surface area contributed by atoms with Gasteiger partial charge in [-0.15, -0.1) is 0 Å². The number of rotatable bonds is 7. The van der Waals surface area contributed by atoms with Gasteiger partial charge in [-0.05, 0) is 64.8 Å². The number of aliphatic carboxylic acids is 1.